The molecule has 0 saturated heterocycles. The average Bonchev–Trinajstić information content (AvgIpc) is 2.54. The summed E-state index contributed by atoms with van der Waals surface area (Å²) in [6.45, 7) is 0. The van der Waals surface area contributed by atoms with Gasteiger partial charge in [0.2, 0.25) is 0 Å². The number of hydrogen-bond donors (Lipinski definition) is 2. The van der Waals surface area contributed by atoms with Crippen LogP contribution >= 0.6 is 0 Å². The molecule has 1 heterocycles. The van der Waals surface area contributed by atoms with Crippen LogP contribution in [-0.4, -0.2) is 22.0 Å². The van der Waals surface area contributed by atoms with Crippen molar-refractivity contribution < 1.29 is 14.7 Å². The highest BCUT2D eigenvalue weighted by molar-refractivity contribution is 6.13. The zero-order valence-corrected chi connectivity index (χ0v) is 11.5. The minimum Gasteiger partial charge on any atom is -0.478 e. The molecule has 1 aromatic heterocycles. The summed E-state index contributed by atoms with van der Waals surface area (Å²) < 4.78 is 0. The van der Waals surface area contributed by atoms with Crippen LogP contribution in [0.1, 0.15) is 20.7 Å². The highest BCUT2D eigenvalue weighted by Crippen LogP contribution is 2.20. The molecule has 0 fully saturated rings. The molecule has 0 aliphatic carbocycles. The molecule has 1 amide bonds. The Hall–Kier alpha value is -3.21. The molecule has 0 bridgehead atoms. The standard InChI is InChI=1S/C17H12N2O3/c20-16(19-15-8-2-1-5-13(15)17(21)22)12-6-3-9-14-11(12)7-4-10-18-14/h1-10H,(H,19,20)(H,21,22). The van der Waals surface area contributed by atoms with Crippen molar-refractivity contribution in [2.45, 2.75) is 0 Å². The molecule has 3 aromatic rings. The number of nitrogens with zero attached hydrogens (tertiary/aromatic N) is 1. The summed E-state index contributed by atoms with van der Waals surface area (Å²) in [6, 6.07) is 15.1. The third kappa shape index (κ3) is 2.52. The van der Waals surface area contributed by atoms with Gasteiger partial charge in [-0.2, -0.15) is 0 Å². The molecule has 108 valence electrons. The number of benzene rings is 2. The van der Waals surface area contributed by atoms with E-state index in [0.29, 0.717) is 11.1 Å². The molecule has 3 rings (SSSR count). The normalized spacial score (nSPS) is 10.4. The Bertz CT molecular complexity index is 869. The Morgan fingerprint density at radius 3 is 2.50 bits per heavy atom. The van der Waals surface area contributed by atoms with E-state index in [4.69, 9.17) is 5.11 Å². The zero-order chi connectivity index (χ0) is 15.5. The van der Waals surface area contributed by atoms with E-state index in [1.807, 2.05) is 6.07 Å². The first-order valence-corrected chi connectivity index (χ1v) is 6.64. The second kappa shape index (κ2) is 5.65. The summed E-state index contributed by atoms with van der Waals surface area (Å²) in [6.07, 6.45) is 1.66. The molecule has 0 unspecified atom stereocenters. The first-order chi connectivity index (χ1) is 10.7. The fourth-order valence-corrected chi connectivity index (χ4v) is 2.27. The number of amides is 1. The van der Waals surface area contributed by atoms with E-state index in [1.165, 1.54) is 6.07 Å². The number of carboxylic acids is 1. The number of pyridine rings is 1. The summed E-state index contributed by atoms with van der Waals surface area (Å²) in [5.41, 5.74) is 1.47. The smallest absolute Gasteiger partial charge is 0.337 e. The lowest BCUT2D eigenvalue weighted by atomic mass is 10.1. The number of carbonyl (C=O) groups is 2. The number of fused-ring (bicyclic) bond motifs is 1. The summed E-state index contributed by atoms with van der Waals surface area (Å²) in [5.74, 6) is -1.46. The number of nitrogens with one attached hydrogen (secondary N) is 1. The topological polar surface area (TPSA) is 79.3 Å². The molecule has 2 N–H and O–H groups in total. The molecular formula is C17H12N2O3. The average molecular weight is 292 g/mol. The highest BCUT2D eigenvalue weighted by atomic mass is 16.4. The van der Waals surface area contributed by atoms with E-state index in [1.54, 1.807) is 48.7 Å². The number of carboxylic acid groups (broad SMARTS) is 1. The van der Waals surface area contributed by atoms with Crippen molar-refractivity contribution in [1.82, 2.24) is 4.98 Å². The maximum absolute atomic E-state index is 12.5. The van der Waals surface area contributed by atoms with Gasteiger partial charge < -0.3 is 10.4 Å². The molecule has 5 nitrogen and oxygen atoms in total. The Kier molecular flexibility index (Phi) is 3.53. The van der Waals surface area contributed by atoms with Gasteiger partial charge in [-0.3, -0.25) is 9.78 Å². The van der Waals surface area contributed by atoms with E-state index >= 15 is 0 Å². The molecule has 0 spiro atoms. The van der Waals surface area contributed by atoms with Crippen molar-refractivity contribution in [2.75, 3.05) is 5.32 Å². The molecule has 0 aliphatic rings. The van der Waals surface area contributed by atoms with Crippen molar-refractivity contribution in [2.24, 2.45) is 0 Å². The first kappa shape index (κ1) is 13.8. The van der Waals surface area contributed by atoms with E-state index in [2.05, 4.69) is 10.3 Å². The molecule has 0 saturated carbocycles. The number of aromatic carboxylic acids is 1. The first-order valence-electron chi connectivity index (χ1n) is 6.64. The number of anilines is 1. The van der Waals surface area contributed by atoms with Crippen LogP contribution in [0.15, 0.2) is 60.8 Å². The monoisotopic (exact) mass is 292 g/mol. The van der Waals surface area contributed by atoms with Gasteiger partial charge in [-0.25, -0.2) is 4.79 Å². The number of carbonyl (C=O) groups excluding carboxylic acids is 1. The lowest BCUT2D eigenvalue weighted by molar-refractivity contribution is 0.0698. The van der Waals surface area contributed by atoms with Crippen molar-refractivity contribution in [3.05, 3.63) is 71.9 Å². The van der Waals surface area contributed by atoms with E-state index < -0.39 is 5.97 Å². The van der Waals surface area contributed by atoms with Gasteiger partial charge in [0.05, 0.1) is 16.8 Å². The molecule has 5 heteroatoms. The maximum atomic E-state index is 12.5. The maximum Gasteiger partial charge on any atom is 0.337 e. The van der Waals surface area contributed by atoms with Crippen LogP contribution in [0.2, 0.25) is 0 Å². The van der Waals surface area contributed by atoms with E-state index in [0.717, 1.165) is 5.39 Å². The predicted molar refractivity (Wildman–Crippen MR) is 83.1 cm³/mol. The van der Waals surface area contributed by atoms with Gasteiger partial charge in [-0.05, 0) is 30.3 Å². The van der Waals surface area contributed by atoms with Gasteiger partial charge in [0.25, 0.3) is 5.91 Å². The second-order valence-electron chi connectivity index (χ2n) is 4.68. The Morgan fingerprint density at radius 1 is 0.909 bits per heavy atom. The van der Waals surface area contributed by atoms with Crippen LogP contribution in [0.25, 0.3) is 10.9 Å². The van der Waals surface area contributed by atoms with Gasteiger partial charge in [-0.15, -0.1) is 0 Å². The van der Waals surface area contributed by atoms with E-state index in [-0.39, 0.29) is 17.2 Å². The third-order valence-corrected chi connectivity index (χ3v) is 3.30. The molecular weight excluding hydrogens is 280 g/mol. The number of para-hydroxylation sites is 1. The van der Waals surface area contributed by atoms with Gasteiger partial charge in [-0.1, -0.05) is 24.3 Å². The lowest BCUT2D eigenvalue weighted by Crippen LogP contribution is -2.15. The molecule has 22 heavy (non-hydrogen) atoms. The summed E-state index contributed by atoms with van der Waals surface area (Å²) >= 11 is 0. The van der Waals surface area contributed by atoms with Crippen LogP contribution in [-0.2, 0) is 0 Å². The SMILES string of the molecule is O=C(O)c1ccccc1NC(=O)c1cccc2ncccc12. The van der Waals surface area contributed by atoms with Crippen LogP contribution in [0.3, 0.4) is 0 Å². The van der Waals surface area contributed by atoms with Crippen LogP contribution in [0, 0.1) is 0 Å². The Labute approximate surface area is 126 Å². The molecule has 0 aliphatic heterocycles. The van der Waals surface area contributed by atoms with Gasteiger partial charge in [0.15, 0.2) is 0 Å². The van der Waals surface area contributed by atoms with Crippen molar-refractivity contribution >= 4 is 28.5 Å². The van der Waals surface area contributed by atoms with Gasteiger partial charge in [0, 0.05) is 17.1 Å². The quantitative estimate of drug-likeness (QED) is 0.777. The fraction of sp³-hybridized carbons (Fsp3) is 0. The zero-order valence-electron chi connectivity index (χ0n) is 11.5. The molecule has 0 atom stereocenters. The number of aromatic nitrogens is 1. The van der Waals surface area contributed by atoms with Gasteiger partial charge in [0.1, 0.15) is 0 Å². The van der Waals surface area contributed by atoms with Crippen LogP contribution in [0.5, 0.6) is 0 Å². The van der Waals surface area contributed by atoms with Crippen molar-refractivity contribution in [1.29, 1.82) is 0 Å². The number of hydrogen-bond acceptors (Lipinski definition) is 3. The highest BCUT2D eigenvalue weighted by Gasteiger charge is 2.14. The minimum atomic E-state index is -1.09. The fourth-order valence-electron chi connectivity index (χ4n) is 2.27. The Balaban J connectivity index is 2.00. The second-order valence-corrected chi connectivity index (χ2v) is 4.68. The minimum absolute atomic E-state index is 0.0502. The van der Waals surface area contributed by atoms with E-state index in [9.17, 15) is 9.59 Å². The van der Waals surface area contributed by atoms with Crippen molar-refractivity contribution in [3.63, 3.8) is 0 Å². The third-order valence-electron chi connectivity index (χ3n) is 3.30. The molecule has 2 aromatic carbocycles. The summed E-state index contributed by atoms with van der Waals surface area (Å²) in [4.78, 5) is 27.9. The Morgan fingerprint density at radius 2 is 1.68 bits per heavy atom. The van der Waals surface area contributed by atoms with Crippen LogP contribution in [0.4, 0.5) is 5.69 Å². The molecule has 0 radical (unpaired) electrons. The number of rotatable bonds is 3. The summed E-state index contributed by atoms with van der Waals surface area (Å²) in [7, 11) is 0. The van der Waals surface area contributed by atoms with Crippen LogP contribution < -0.4 is 5.32 Å². The predicted octanol–water partition coefficient (Wildman–Crippen LogP) is 3.19. The largest absolute Gasteiger partial charge is 0.478 e. The lowest BCUT2D eigenvalue weighted by Gasteiger charge is -2.09. The van der Waals surface area contributed by atoms with Crippen molar-refractivity contribution in [3.8, 4) is 0 Å². The summed E-state index contributed by atoms with van der Waals surface area (Å²) in [5, 5.41) is 12.5. The van der Waals surface area contributed by atoms with Gasteiger partial charge >= 0.3 is 5.97 Å².